The molecule has 88 valence electrons. The number of carbonyl (C=O) groups is 1. The molecule has 0 amide bonds. The van der Waals surface area contributed by atoms with Crippen molar-refractivity contribution in [3.05, 3.63) is 76.8 Å². The van der Waals surface area contributed by atoms with Crippen molar-refractivity contribution in [1.82, 2.24) is 0 Å². The van der Waals surface area contributed by atoms with Crippen molar-refractivity contribution in [2.24, 2.45) is 0 Å². The van der Waals surface area contributed by atoms with Gasteiger partial charge >= 0.3 is 0 Å². The monoisotopic (exact) mass is 270 g/mol. The number of benzene rings is 1. The number of rotatable bonds is 1. The third-order valence-corrected chi connectivity index (χ3v) is 5.16. The Labute approximate surface area is 114 Å². The van der Waals surface area contributed by atoms with Gasteiger partial charge in [-0.2, -0.15) is 0 Å². The van der Waals surface area contributed by atoms with Crippen LogP contribution >= 0.6 is 21.6 Å². The lowest BCUT2D eigenvalue weighted by atomic mass is 10.1. The second kappa shape index (κ2) is 5.04. The molecule has 0 N–H and O–H groups in total. The van der Waals surface area contributed by atoms with E-state index in [9.17, 15) is 4.79 Å². The van der Waals surface area contributed by atoms with Crippen molar-refractivity contribution >= 4 is 32.3 Å². The Kier molecular flexibility index (Phi) is 3.26. The molecule has 2 aliphatic rings. The van der Waals surface area contributed by atoms with E-state index >= 15 is 0 Å². The number of ketones is 1. The van der Waals surface area contributed by atoms with Gasteiger partial charge < -0.3 is 0 Å². The van der Waals surface area contributed by atoms with Gasteiger partial charge in [0.05, 0.1) is 0 Å². The molecule has 0 atom stereocenters. The highest BCUT2D eigenvalue weighted by atomic mass is 33.1. The Hall–Kier alpha value is -1.45. The molecule has 1 aromatic carbocycles. The maximum absolute atomic E-state index is 11.8. The van der Waals surface area contributed by atoms with Crippen LogP contribution in [0.2, 0.25) is 0 Å². The fourth-order valence-electron chi connectivity index (χ4n) is 1.78. The van der Waals surface area contributed by atoms with Crippen LogP contribution in [0.25, 0.3) is 4.91 Å². The van der Waals surface area contributed by atoms with E-state index in [1.54, 1.807) is 33.7 Å². The van der Waals surface area contributed by atoms with E-state index in [1.807, 2.05) is 30.4 Å². The first-order chi connectivity index (χ1) is 8.84. The minimum absolute atomic E-state index is 0.0890. The lowest BCUT2D eigenvalue weighted by molar-refractivity contribution is -0.111. The molecule has 0 bridgehead atoms. The number of carbonyl (C=O) groups excluding carboxylic acids is 1. The summed E-state index contributed by atoms with van der Waals surface area (Å²) >= 11 is 0. The summed E-state index contributed by atoms with van der Waals surface area (Å²) in [5.74, 6) is 0.0890. The van der Waals surface area contributed by atoms with Crippen molar-refractivity contribution < 1.29 is 4.79 Å². The lowest BCUT2D eigenvalue weighted by Crippen LogP contribution is -1.99. The summed E-state index contributed by atoms with van der Waals surface area (Å²) in [6.07, 6.45) is 9.28. The zero-order valence-corrected chi connectivity index (χ0v) is 11.1. The SMILES string of the molecule is O=C1C=CC=C/C1=C1\C=C(c2ccccc2)SS1. The van der Waals surface area contributed by atoms with E-state index < -0.39 is 0 Å². The van der Waals surface area contributed by atoms with Gasteiger partial charge in [0.25, 0.3) is 0 Å². The molecule has 3 heteroatoms. The van der Waals surface area contributed by atoms with Crippen LogP contribution in [0.4, 0.5) is 0 Å². The van der Waals surface area contributed by atoms with E-state index in [0.717, 1.165) is 10.5 Å². The van der Waals surface area contributed by atoms with Crippen molar-refractivity contribution in [3.63, 3.8) is 0 Å². The summed E-state index contributed by atoms with van der Waals surface area (Å²) in [5.41, 5.74) is 1.99. The van der Waals surface area contributed by atoms with Gasteiger partial charge in [-0.3, -0.25) is 4.79 Å². The Bertz CT molecular complexity index is 607. The van der Waals surface area contributed by atoms with Crippen LogP contribution in [-0.4, -0.2) is 5.78 Å². The summed E-state index contributed by atoms with van der Waals surface area (Å²) in [6, 6.07) is 10.2. The van der Waals surface area contributed by atoms with Crippen molar-refractivity contribution in [1.29, 1.82) is 0 Å². The molecule has 0 spiro atoms. The summed E-state index contributed by atoms with van der Waals surface area (Å²) in [4.78, 5) is 14.0. The predicted octanol–water partition coefficient (Wildman–Crippen LogP) is 4.37. The number of hydrogen-bond donors (Lipinski definition) is 0. The van der Waals surface area contributed by atoms with Crippen LogP contribution in [0, 0.1) is 0 Å². The molecule has 1 aliphatic carbocycles. The van der Waals surface area contributed by atoms with E-state index in [2.05, 4.69) is 18.2 Å². The first-order valence-electron chi connectivity index (χ1n) is 5.59. The lowest BCUT2D eigenvalue weighted by Gasteiger charge is -2.02. The minimum Gasteiger partial charge on any atom is -0.289 e. The molecule has 0 aromatic heterocycles. The van der Waals surface area contributed by atoms with E-state index in [-0.39, 0.29) is 5.78 Å². The van der Waals surface area contributed by atoms with Gasteiger partial charge in [-0.25, -0.2) is 0 Å². The summed E-state index contributed by atoms with van der Waals surface area (Å²) in [5, 5.41) is 0. The van der Waals surface area contributed by atoms with Gasteiger partial charge in [-0.1, -0.05) is 64.1 Å². The van der Waals surface area contributed by atoms with Crippen LogP contribution in [0.1, 0.15) is 5.56 Å². The quantitative estimate of drug-likeness (QED) is 0.557. The second-order valence-corrected chi connectivity index (χ2v) is 6.11. The van der Waals surface area contributed by atoms with E-state index in [0.29, 0.717) is 0 Å². The molecule has 0 radical (unpaired) electrons. The third kappa shape index (κ3) is 2.24. The predicted molar refractivity (Wildman–Crippen MR) is 79.9 cm³/mol. The van der Waals surface area contributed by atoms with Crippen molar-refractivity contribution in [3.8, 4) is 0 Å². The molecule has 0 unspecified atom stereocenters. The van der Waals surface area contributed by atoms with Crippen LogP contribution in [0.5, 0.6) is 0 Å². The van der Waals surface area contributed by atoms with Crippen LogP contribution in [-0.2, 0) is 4.79 Å². The molecule has 0 saturated heterocycles. The molecular weight excluding hydrogens is 260 g/mol. The van der Waals surface area contributed by atoms with Crippen molar-refractivity contribution in [2.75, 3.05) is 0 Å². The zero-order valence-electron chi connectivity index (χ0n) is 9.50. The Morgan fingerprint density at radius 3 is 2.44 bits per heavy atom. The van der Waals surface area contributed by atoms with Gasteiger partial charge in [0, 0.05) is 15.4 Å². The highest BCUT2D eigenvalue weighted by Crippen LogP contribution is 2.50. The van der Waals surface area contributed by atoms with E-state index in [1.165, 1.54) is 10.5 Å². The minimum atomic E-state index is 0.0890. The average molecular weight is 270 g/mol. The third-order valence-electron chi connectivity index (χ3n) is 2.69. The largest absolute Gasteiger partial charge is 0.289 e. The fourth-order valence-corrected chi connectivity index (χ4v) is 4.25. The molecule has 18 heavy (non-hydrogen) atoms. The Balaban J connectivity index is 1.97. The first kappa shape index (κ1) is 11.6. The fraction of sp³-hybridized carbons (Fsp3) is 0. The summed E-state index contributed by atoms with van der Waals surface area (Å²) in [7, 11) is 3.36. The van der Waals surface area contributed by atoms with Crippen LogP contribution in [0.15, 0.2) is 71.2 Å². The first-order valence-corrected chi connectivity index (χ1v) is 7.74. The average Bonchev–Trinajstić information content (AvgIpc) is 2.90. The normalized spacial score (nSPS) is 22.4. The van der Waals surface area contributed by atoms with Gasteiger partial charge in [-0.05, 0) is 23.8 Å². The molecule has 0 saturated carbocycles. The van der Waals surface area contributed by atoms with Crippen molar-refractivity contribution in [2.45, 2.75) is 0 Å². The maximum atomic E-state index is 11.8. The molecule has 1 aromatic rings. The highest BCUT2D eigenvalue weighted by Gasteiger charge is 2.19. The van der Waals surface area contributed by atoms with Crippen LogP contribution in [0.3, 0.4) is 0 Å². The standard InChI is InChI=1S/C15H10OS2/c16-13-9-5-4-8-12(13)15-10-14(17-18-15)11-6-2-1-3-7-11/h1-10H/b15-12-. The van der Waals surface area contributed by atoms with Gasteiger partial charge in [0.1, 0.15) is 0 Å². The van der Waals surface area contributed by atoms with Crippen LogP contribution < -0.4 is 0 Å². The van der Waals surface area contributed by atoms with Gasteiger partial charge in [-0.15, -0.1) is 0 Å². The molecular formula is C15H10OS2. The summed E-state index contributed by atoms with van der Waals surface area (Å²) in [6.45, 7) is 0. The maximum Gasteiger partial charge on any atom is 0.186 e. The Morgan fingerprint density at radius 2 is 1.67 bits per heavy atom. The van der Waals surface area contributed by atoms with Gasteiger partial charge in [0.2, 0.25) is 0 Å². The zero-order chi connectivity index (χ0) is 12.4. The van der Waals surface area contributed by atoms with E-state index in [4.69, 9.17) is 0 Å². The molecule has 1 heterocycles. The topological polar surface area (TPSA) is 17.1 Å². The smallest absolute Gasteiger partial charge is 0.186 e. The molecule has 3 rings (SSSR count). The number of hydrogen-bond acceptors (Lipinski definition) is 3. The highest BCUT2D eigenvalue weighted by molar-refractivity contribution is 8.82. The molecule has 1 nitrogen and oxygen atoms in total. The Morgan fingerprint density at radius 1 is 0.889 bits per heavy atom. The van der Waals surface area contributed by atoms with Gasteiger partial charge in [0.15, 0.2) is 5.78 Å². The second-order valence-electron chi connectivity index (χ2n) is 3.90. The molecule has 1 aliphatic heterocycles. The summed E-state index contributed by atoms with van der Waals surface area (Å²) < 4.78 is 0. The molecule has 0 fully saturated rings. The number of allylic oxidation sites excluding steroid dienone is 6.